The van der Waals surface area contributed by atoms with Crippen molar-refractivity contribution in [2.45, 2.75) is 32.7 Å². The van der Waals surface area contributed by atoms with E-state index < -0.39 is 0 Å². The molecule has 144 valence electrons. The van der Waals surface area contributed by atoms with Crippen LogP contribution in [0, 0.1) is 6.92 Å². The molecule has 0 fully saturated rings. The first kappa shape index (κ1) is 19.5. The summed E-state index contributed by atoms with van der Waals surface area (Å²) in [6, 6.07) is 18.1. The molecule has 0 aliphatic heterocycles. The van der Waals surface area contributed by atoms with Crippen LogP contribution in [0.5, 0.6) is 0 Å². The highest BCUT2D eigenvalue weighted by Gasteiger charge is 2.17. The van der Waals surface area contributed by atoms with E-state index in [0.29, 0.717) is 24.7 Å². The predicted octanol–water partition coefficient (Wildman–Crippen LogP) is 4.58. The minimum atomic E-state index is 0.0610. The summed E-state index contributed by atoms with van der Waals surface area (Å²) in [6.07, 6.45) is 3.87. The Labute approximate surface area is 165 Å². The van der Waals surface area contributed by atoms with E-state index in [1.54, 1.807) is 11.0 Å². The summed E-state index contributed by atoms with van der Waals surface area (Å²) in [5.74, 6) is 1.02. The van der Waals surface area contributed by atoms with Crippen LogP contribution in [0.4, 0.5) is 0 Å². The van der Waals surface area contributed by atoms with Crippen LogP contribution in [-0.2, 0) is 17.8 Å². The zero-order valence-corrected chi connectivity index (χ0v) is 16.2. The summed E-state index contributed by atoms with van der Waals surface area (Å²) in [6.45, 7) is 6.52. The average molecular weight is 375 g/mol. The SMILES string of the molecule is C=CCN(Cc1nc(-c2ccc(C)cc2)no1)C(=O)CCCc1ccccc1. The predicted molar refractivity (Wildman–Crippen MR) is 109 cm³/mol. The van der Waals surface area contributed by atoms with E-state index in [2.05, 4.69) is 28.9 Å². The van der Waals surface area contributed by atoms with Crippen LogP contribution in [0.3, 0.4) is 0 Å². The zero-order valence-electron chi connectivity index (χ0n) is 16.2. The molecule has 1 amide bonds. The van der Waals surface area contributed by atoms with Crippen molar-refractivity contribution < 1.29 is 9.32 Å². The molecule has 5 nitrogen and oxygen atoms in total. The number of carbonyl (C=O) groups excluding carboxylic acids is 1. The second kappa shape index (κ2) is 9.65. The maximum absolute atomic E-state index is 12.6. The van der Waals surface area contributed by atoms with Gasteiger partial charge in [0.15, 0.2) is 0 Å². The number of benzene rings is 2. The minimum absolute atomic E-state index is 0.0610. The summed E-state index contributed by atoms with van der Waals surface area (Å²) in [5, 5.41) is 4.04. The summed E-state index contributed by atoms with van der Waals surface area (Å²) < 4.78 is 5.36. The standard InChI is InChI=1S/C23H25N3O2/c1-3-16-26(22(27)11-7-10-19-8-5-4-6-9-19)17-21-24-23(25-28-21)20-14-12-18(2)13-15-20/h3-6,8-9,12-15H,1,7,10-11,16-17H2,2H3. The monoisotopic (exact) mass is 375 g/mol. The molecule has 1 heterocycles. The van der Waals surface area contributed by atoms with Crippen LogP contribution in [0.1, 0.15) is 29.9 Å². The lowest BCUT2D eigenvalue weighted by molar-refractivity contribution is -0.131. The topological polar surface area (TPSA) is 59.2 Å². The van der Waals surface area contributed by atoms with Gasteiger partial charge in [-0.05, 0) is 25.3 Å². The van der Waals surface area contributed by atoms with E-state index in [-0.39, 0.29) is 12.5 Å². The Morgan fingerprint density at radius 3 is 2.61 bits per heavy atom. The van der Waals surface area contributed by atoms with Crippen molar-refractivity contribution in [1.29, 1.82) is 0 Å². The van der Waals surface area contributed by atoms with Crippen LogP contribution >= 0.6 is 0 Å². The number of aryl methyl sites for hydroxylation is 2. The molecule has 0 atom stereocenters. The Morgan fingerprint density at radius 2 is 1.89 bits per heavy atom. The Kier molecular flexibility index (Phi) is 6.73. The lowest BCUT2D eigenvalue weighted by Crippen LogP contribution is -2.30. The number of hydrogen-bond donors (Lipinski definition) is 0. The van der Waals surface area contributed by atoms with Crippen LogP contribution in [0.25, 0.3) is 11.4 Å². The van der Waals surface area contributed by atoms with Gasteiger partial charge in [0.1, 0.15) is 6.54 Å². The highest BCUT2D eigenvalue weighted by atomic mass is 16.5. The second-order valence-electron chi connectivity index (χ2n) is 6.78. The first-order valence-corrected chi connectivity index (χ1v) is 9.48. The number of carbonyl (C=O) groups is 1. The third-order valence-electron chi connectivity index (χ3n) is 4.51. The van der Waals surface area contributed by atoms with E-state index in [9.17, 15) is 4.79 Å². The van der Waals surface area contributed by atoms with Gasteiger partial charge >= 0.3 is 0 Å². The molecular formula is C23H25N3O2. The van der Waals surface area contributed by atoms with E-state index in [0.717, 1.165) is 18.4 Å². The van der Waals surface area contributed by atoms with Crippen molar-refractivity contribution in [3.63, 3.8) is 0 Å². The molecule has 0 radical (unpaired) electrons. The van der Waals surface area contributed by atoms with Crippen molar-refractivity contribution in [1.82, 2.24) is 15.0 Å². The van der Waals surface area contributed by atoms with Crippen molar-refractivity contribution in [3.05, 3.63) is 84.3 Å². The summed E-state index contributed by atoms with van der Waals surface area (Å²) in [7, 11) is 0. The van der Waals surface area contributed by atoms with Gasteiger partial charge in [0.25, 0.3) is 0 Å². The molecule has 5 heteroatoms. The fourth-order valence-corrected chi connectivity index (χ4v) is 2.96. The molecule has 0 N–H and O–H groups in total. The first-order chi connectivity index (χ1) is 13.7. The van der Waals surface area contributed by atoms with Gasteiger partial charge < -0.3 is 9.42 Å². The minimum Gasteiger partial charge on any atom is -0.337 e. The molecule has 3 aromatic rings. The first-order valence-electron chi connectivity index (χ1n) is 9.48. The van der Waals surface area contributed by atoms with E-state index in [4.69, 9.17) is 4.52 Å². The summed E-state index contributed by atoms with van der Waals surface area (Å²) >= 11 is 0. The summed E-state index contributed by atoms with van der Waals surface area (Å²) in [4.78, 5) is 18.8. The smallest absolute Gasteiger partial charge is 0.246 e. The van der Waals surface area contributed by atoms with Gasteiger partial charge in [0, 0.05) is 18.5 Å². The molecule has 0 unspecified atom stereocenters. The van der Waals surface area contributed by atoms with Crippen molar-refractivity contribution in [2.24, 2.45) is 0 Å². The normalized spacial score (nSPS) is 10.6. The average Bonchev–Trinajstić information content (AvgIpc) is 3.17. The number of aromatic nitrogens is 2. The molecule has 1 aromatic heterocycles. The third kappa shape index (κ3) is 5.39. The van der Waals surface area contributed by atoms with Crippen LogP contribution in [-0.4, -0.2) is 27.5 Å². The molecule has 0 aliphatic carbocycles. The van der Waals surface area contributed by atoms with Gasteiger partial charge in [0.2, 0.25) is 17.6 Å². The van der Waals surface area contributed by atoms with Crippen molar-refractivity contribution >= 4 is 5.91 Å². The quantitative estimate of drug-likeness (QED) is 0.514. The number of nitrogens with zero attached hydrogens (tertiary/aromatic N) is 3. The molecule has 0 aliphatic rings. The van der Waals surface area contributed by atoms with E-state index in [1.807, 2.05) is 49.4 Å². The van der Waals surface area contributed by atoms with Gasteiger partial charge in [-0.3, -0.25) is 4.79 Å². The molecule has 2 aromatic carbocycles. The fourth-order valence-electron chi connectivity index (χ4n) is 2.96. The largest absolute Gasteiger partial charge is 0.337 e. The van der Waals surface area contributed by atoms with E-state index >= 15 is 0 Å². The molecule has 0 bridgehead atoms. The highest BCUT2D eigenvalue weighted by molar-refractivity contribution is 5.76. The van der Waals surface area contributed by atoms with Crippen molar-refractivity contribution in [3.8, 4) is 11.4 Å². The Morgan fingerprint density at radius 1 is 1.14 bits per heavy atom. The molecule has 0 saturated heterocycles. The molecular weight excluding hydrogens is 350 g/mol. The van der Waals surface area contributed by atoms with Crippen LogP contribution in [0.2, 0.25) is 0 Å². The van der Waals surface area contributed by atoms with Crippen LogP contribution in [0.15, 0.2) is 71.8 Å². The highest BCUT2D eigenvalue weighted by Crippen LogP contribution is 2.17. The number of rotatable bonds is 9. The Balaban J connectivity index is 1.58. The second-order valence-corrected chi connectivity index (χ2v) is 6.78. The van der Waals surface area contributed by atoms with Gasteiger partial charge in [0.05, 0.1) is 0 Å². The lowest BCUT2D eigenvalue weighted by Gasteiger charge is -2.19. The van der Waals surface area contributed by atoms with Crippen molar-refractivity contribution in [2.75, 3.05) is 6.54 Å². The molecule has 0 saturated carbocycles. The Hall–Kier alpha value is -3.21. The Bertz CT molecular complexity index is 901. The zero-order chi connectivity index (χ0) is 19.8. The molecule has 0 spiro atoms. The summed E-state index contributed by atoms with van der Waals surface area (Å²) in [5.41, 5.74) is 3.31. The van der Waals surface area contributed by atoms with Gasteiger partial charge in [-0.25, -0.2) is 0 Å². The van der Waals surface area contributed by atoms with Crippen LogP contribution < -0.4 is 0 Å². The van der Waals surface area contributed by atoms with Gasteiger partial charge in [-0.2, -0.15) is 4.98 Å². The molecule has 3 rings (SSSR count). The fraction of sp³-hybridized carbons (Fsp3) is 0.261. The molecule has 28 heavy (non-hydrogen) atoms. The maximum Gasteiger partial charge on any atom is 0.246 e. The number of amides is 1. The van der Waals surface area contributed by atoms with Gasteiger partial charge in [-0.15, -0.1) is 6.58 Å². The maximum atomic E-state index is 12.6. The third-order valence-corrected chi connectivity index (χ3v) is 4.51. The van der Waals surface area contributed by atoms with E-state index in [1.165, 1.54) is 11.1 Å². The number of hydrogen-bond acceptors (Lipinski definition) is 4. The van der Waals surface area contributed by atoms with Gasteiger partial charge in [-0.1, -0.05) is 71.4 Å². The lowest BCUT2D eigenvalue weighted by atomic mass is 10.1.